The molecule has 0 bridgehead atoms. The Labute approximate surface area is 84.2 Å². The molecule has 0 atom stereocenters. The van der Waals surface area contributed by atoms with Crippen molar-refractivity contribution in [2.75, 3.05) is 0 Å². The van der Waals surface area contributed by atoms with Gasteiger partial charge in [-0.15, -0.1) is 0 Å². The lowest BCUT2D eigenvalue weighted by Crippen LogP contribution is -1.99. The van der Waals surface area contributed by atoms with Crippen LogP contribution in [0.1, 0.15) is 16.7 Å². The highest BCUT2D eigenvalue weighted by molar-refractivity contribution is 5.45. The first-order chi connectivity index (χ1) is 6.68. The molecular weight excluding hydrogens is 172 g/mol. The largest absolute Gasteiger partial charge is 0.241 e. The van der Waals surface area contributed by atoms with Gasteiger partial charge in [0.2, 0.25) is 0 Å². The summed E-state index contributed by atoms with van der Waals surface area (Å²) in [6.45, 7) is 6.38. The van der Waals surface area contributed by atoms with E-state index in [0.717, 1.165) is 5.69 Å². The molecule has 0 saturated heterocycles. The molecular formula is C12H14N2. The standard InChI is InChI=1S/C12H14N2/c1-9-7-11(3)12(8-10(9)2)14-6-4-5-13-14/h4-8H,1-3H3. The maximum Gasteiger partial charge on any atom is 0.0677 e. The van der Waals surface area contributed by atoms with Crippen molar-refractivity contribution < 1.29 is 0 Å². The summed E-state index contributed by atoms with van der Waals surface area (Å²) in [6.07, 6.45) is 3.77. The molecule has 0 spiro atoms. The first kappa shape index (κ1) is 9.00. The van der Waals surface area contributed by atoms with Gasteiger partial charge in [-0.1, -0.05) is 6.07 Å². The van der Waals surface area contributed by atoms with E-state index in [-0.39, 0.29) is 0 Å². The van der Waals surface area contributed by atoms with Crippen LogP contribution in [0.4, 0.5) is 0 Å². The van der Waals surface area contributed by atoms with Gasteiger partial charge in [0.1, 0.15) is 0 Å². The lowest BCUT2D eigenvalue weighted by Gasteiger charge is -2.09. The van der Waals surface area contributed by atoms with Crippen molar-refractivity contribution in [3.63, 3.8) is 0 Å². The summed E-state index contributed by atoms with van der Waals surface area (Å²) >= 11 is 0. The molecule has 0 fully saturated rings. The van der Waals surface area contributed by atoms with E-state index in [1.165, 1.54) is 16.7 Å². The molecule has 0 saturated carbocycles. The molecule has 0 N–H and O–H groups in total. The topological polar surface area (TPSA) is 17.8 Å². The first-order valence-electron chi connectivity index (χ1n) is 4.76. The third kappa shape index (κ3) is 1.43. The number of aryl methyl sites for hydroxylation is 3. The summed E-state index contributed by atoms with van der Waals surface area (Å²) in [5.74, 6) is 0. The number of aromatic nitrogens is 2. The number of benzene rings is 1. The van der Waals surface area contributed by atoms with Gasteiger partial charge in [0.15, 0.2) is 0 Å². The molecule has 0 radical (unpaired) electrons. The van der Waals surface area contributed by atoms with Crippen LogP contribution < -0.4 is 0 Å². The normalized spacial score (nSPS) is 10.5. The van der Waals surface area contributed by atoms with Crippen molar-refractivity contribution in [3.8, 4) is 5.69 Å². The van der Waals surface area contributed by atoms with Gasteiger partial charge in [0.25, 0.3) is 0 Å². The summed E-state index contributed by atoms with van der Waals surface area (Å²) in [6, 6.07) is 6.32. The number of hydrogen-bond donors (Lipinski definition) is 0. The van der Waals surface area contributed by atoms with Crippen LogP contribution in [0.25, 0.3) is 5.69 Å². The Balaban J connectivity index is 2.60. The summed E-state index contributed by atoms with van der Waals surface area (Å²) < 4.78 is 1.90. The highest BCUT2D eigenvalue weighted by atomic mass is 15.3. The zero-order valence-corrected chi connectivity index (χ0v) is 8.78. The number of nitrogens with zero attached hydrogens (tertiary/aromatic N) is 2. The molecule has 0 unspecified atom stereocenters. The van der Waals surface area contributed by atoms with E-state index in [1.54, 1.807) is 6.20 Å². The van der Waals surface area contributed by atoms with Crippen molar-refractivity contribution in [1.82, 2.24) is 9.78 Å². The summed E-state index contributed by atoms with van der Waals surface area (Å²) in [5, 5.41) is 4.23. The monoisotopic (exact) mass is 186 g/mol. The van der Waals surface area contributed by atoms with Crippen molar-refractivity contribution in [2.24, 2.45) is 0 Å². The van der Waals surface area contributed by atoms with Crippen LogP contribution in [-0.4, -0.2) is 9.78 Å². The smallest absolute Gasteiger partial charge is 0.0677 e. The highest BCUT2D eigenvalue weighted by Gasteiger charge is 2.03. The predicted octanol–water partition coefficient (Wildman–Crippen LogP) is 2.80. The van der Waals surface area contributed by atoms with Crippen LogP contribution in [0.15, 0.2) is 30.6 Å². The van der Waals surface area contributed by atoms with Crippen molar-refractivity contribution >= 4 is 0 Å². The van der Waals surface area contributed by atoms with Crippen molar-refractivity contribution in [2.45, 2.75) is 20.8 Å². The Morgan fingerprint density at radius 2 is 1.71 bits per heavy atom. The molecule has 1 heterocycles. The Morgan fingerprint density at radius 3 is 2.36 bits per heavy atom. The third-order valence-corrected chi connectivity index (χ3v) is 2.56. The van der Waals surface area contributed by atoms with E-state index < -0.39 is 0 Å². The molecule has 0 aliphatic carbocycles. The van der Waals surface area contributed by atoms with Gasteiger partial charge in [-0.25, -0.2) is 4.68 Å². The number of hydrogen-bond acceptors (Lipinski definition) is 1. The molecule has 2 heteroatoms. The fourth-order valence-corrected chi connectivity index (χ4v) is 1.60. The minimum atomic E-state index is 1.16. The quantitative estimate of drug-likeness (QED) is 0.669. The van der Waals surface area contributed by atoms with E-state index in [1.807, 2.05) is 16.9 Å². The van der Waals surface area contributed by atoms with Crippen LogP contribution in [0.5, 0.6) is 0 Å². The zero-order chi connectivity index (χ0) is 10.1. The average Bonchev–Trinajstić information content (AvgIpc) is 2.64. The van der Waals surface area contributed by atoms with Crippen LogP contribution in [0.2, 0.25) is 0 Å². The molecule has 0 amide bonds. The fourth-order valence-electron chi connectivity index (χ4n) is 1.60. The summed E-state index contributed by atoms with van der Waals surface area (Å²) in [5.41, 5.74) is 5.06. The maximum atomic E-state index is 4.23. The third-order valence-electron chi connectivity index (χ3n) is 2.56. The Morgan fingerprint density at radius 1 is 1.00 bits per heavy atom. The molecule has 2 rings (SSSR count). The van der Waals surface area contributed by atoms with Crippen LogP contribution in [0.3, 0.4) is 0 Å². The van der Waals surface area contributed by atoms with E-state index in [2.05, 4.69) is 38.0 Å². The predicted molar refractivity (Wildman–Crippen MR) is 57.8 cm³/mol. The van der Waals surface area contributed by atoms with Crippen LogP contribution in [-0.2, 0) is 0 Å². The van der Waals surface area contributed by atoms with Crippen LogP contribution >= 0.6 is 0 Å². The van der Waals surface area contributed by atoms with Gasteiger partial charge in [0.05, 0.1) is 5.69 Å². The van der Waals surface area contributed by atoms with Gasteiger partial charge in [-0.05, 0) is 49.6 Å². The fraction of sp³-hybridized carbons (Fsp3) is 0.250. The van der Waals surface area contributed by atoms with Gasteiger partial charge >= 0.3 is 0 Å². The minimum absolute atomic E-state index is 1.16. The molecule has 0 aliphatic heterocycles. The maximum absolute atomic E-state index is 4.23. The second-order valence-corrected chi connectivity index (χ2v) is 3.67. The Hall–Kier alpha value is -1.57. The average molecular weight is 186 g/mol. The van der Waals surface area contributed by atoms with Crippen molar-refractivity contribution in [1.29, 1.82) is 0 Å². The minimum Gasteiger partial charge on any atom is -0.241 e. The van der Waals surface area contributed by atoms with Gasteiger partial charge in [-0.3, -0.25) is 0 Å². The molecule has 1 aromatic carbocycles. The molecule has 2 nitrogen and oxygen atoms in total. The van der Waals surface area contributed by atoms with Gasteiger partial charge in [-0.2, -0.15) is 5.10 Å². The summed E-state index contributed by atoms with van der Waals surface area (Å²) in [7, 11) is 0. The van der Waals surface area contributed by atoms with E-state index in [9.17, 15) is 0 Å². The zero-order valence-electron chi connectivity index (χ0n) is 8.78. The molecule has 2 aromatic rings. The molecule has 0 aliphatic rings. The highest BCUT2D eigenvalue weighted by Crippen LogP contribution is 2.18. The second kappa shape index (κ2) is 3.29. The van der Waals surface area contributed by atoms with E-state index in [0.29, 0.717) is 0 Å². The number of rotatable bonds is 1. The second-order valence-electron chi connectivity index (χ2n) is 3.67. The van der Waals surface area contributed by atoms with Crippen LogP contribution in [0, 0.1) is 20.8 Å². The lowest BCUT2D eigenvalue weighted by atomic mass is 10.1. The van der Waals surface area contributed by atoms with Gasteiger partial charge in [0, 0.05) is 12.4 Å². The molecule has 72 valence electrons. The Bertz CT molecular complexity index is 442. The van der Waals surface area contributed by atoms with Gasteiger partial charge < -0.3 is 0 Å². The lowest BCUT2D eigenvalue weighted by molar-refractivity contribution is 0.870. The summed E-state index contributed by atoms with van der Waals surface area (Å²) in [4.78, 5) is 0. The van der Waals surface area contributed by atoms with E-state index in [4.69, 9.17) is 0 Å². The SMILES string of the molecule is Cc1cc(C)c(-n2cccn2)cc1C. The molecule has 1 aromatic heterocycles. The van der Waals surface area contributed by atoms with E-state index >= 15 is 0 Å². The first-order valence-corrected chi connectivity index (χ1v) is 4.76. The molecule has 14 heavy (non-hydrogen) atoms. The van der Waals surface area contributed by atoms with Crippen molar-refractivity contribution in [3.05, 3.63) is 47.3 Å². The Kier molecular flexibility index (Phi) is 2.12.